The van der Waals surface area contributed by atoms with Gasteiger partial charge in [0, 0.05) is 32.8 Å². The summed E-state index contributed by atoms with van der Waals surface area (Å²) in [5.41, 5.74) is 5.58. The third-order valence-electron chi connectivity index (χ3n) is 2.99. The van der Waals surface area contributed by atoms with Crippen molar-refractivity contribution < 1.29 is 9.47 Å². The van der Waals surface area contributed by atoms with E-state index in [9.17, 15) is 0 Å². The van der Waals surface area contributed by atoms with E-state index < -0.39 is 0 Å². The van der Waals surface area contributed by atoms with E-state index in [-0.39, 0.29) is 6.10 Å². The fraction of sp³-hybridized carbons (Fsp3) is 1.00. The molecule has 1 fully saturated rings. The van der Waals surface area contributed by atoms with Crippen molar-refractivity contribution in [2.45, 2.75) is 31.6 Å². The molecule has 1 heterocycles. The second-order valence-electron chi connectivity index (χ2n) is 3.96. The lowest BCUT2D eigenvalue weighted by molar-refractivity contribution is 0.0411. The van der Waals surface area contributed by atoms with E-state index in [0.29, 0.717) is 18.7 Å². The van der Waals surface area contributed by atoms with Crippen LogP contribution in [0.3, 0.4) is 0 Å². The van der Waals surface area contributed by atoms with Crippen molar-refractivity contribution in [2.24, 2.45) is 5.73 Å². The zero-order valence-electron chi connectivity index (χ0n) is 9.40. The minimum atomic E-state index is 0.132. The van der Waals surface area contributed by atoms with Crippen molar-refractivity contribution in [3.63, 3.8) is 0 Å². The van der Waals surface area contributed by atoms with E-state index in [0.717, 1.165) is 19.6 Å². The largest absolute Gasteiger partial charge is 0.379 e. The zero-order chi connectivity index (χ0) is 10.6. The van der Waals surface area contributed by atoms with Gasteiger partial charge in [-0.1, -0.05) is 0 Å². The molecule has 2 N–H and O–H groups in total. The number of likely N-dealkylation sites (N-methyl/N-ethyl adjacent to an activating group) is 1. The van der Waals surface area contributed by atoms with Crippen LogP contribution in [0.4, 0.5) is 0 Å². The van der Waals surface area contributed by atoms with Crippen LogP contribution in [0, 0.1) is 0 Å². The Morgan fingerprint density at radius 1 is 1.64 bits per heavy atom. The van der Waals surface area contributed by atoms with E-state index in [1.165, 1.54) is 0 Å². The van der Waals surface area contributed by atoms with Gasteiger partial charge in [0.15, 0.2) is 0 Å². The first-order valence-corrected chi connectivity index (χ1v) is 5.23. The lowest BCUT2D eigenvalue weighted by atomic mass is 10.1. The van der Waals surface area contributed by atoms with Crippen LogP contribution in [-0.2, 0) is 9.47 Å². The molecule has 0 radical (unpaired) electrons. The maximum absolute atomic E-state index is 5.58. The summed E-state index contributed by atoms with van der Waals surface area (Å²) in [6, 6.07) is 0.513. The molecule has 0 spiro atoms. The van der Waals surface area contributed by atoms with Crippen molar-refractivity contribution in [2.75, 3.05) is 33.9 Å². The molecule has 0 saturated carbocycles. The summed E-state index contributed by atoms with van der Waals surface area (Å²) >= 11 is 0. The summed E-state index contributed by atoms with van der Waals surface area (Å²) in [5, 5.41) is 0. The van der Waals surface area contributed by atoms with E-state index in [1.807, 2.05) is 0 Å². The molecule has 1 rings (SSSR count). The van der Waals surface area contributed by atoms with Gasteiger partial charge in [0.2, 0.25) is 0 Å². The second-order valence-corrected chi connectivity index (χ2v) is 3.96. The predicted molar refractivity (Wildman–Crippen MR) is 56.3 cm³/mol. The molecule has 0 bridgehead atoms. The Balaban J connectivity index is 2.36. The van der Waals surface area contributed by atoms with Gasteiger partial charge in [-0.15, -0.1) is 0 Å². The van der Waals surface area contributed by atoms with Gasteiger partial charge in [-0.25, -0.2) is 0 Å². The first-order valence-electron chi connectivity index (χ1n) is 5.23. The van der Waals surface area contributed by atoms with Crippen LogP contribution in [0.1, 0.15) is 13.3 Å². The molecular formula is C10H22N2O2. The molecule has 0 amide bonds. The first-order chi connectivity index (χ1) is 6.69. The minimum absolute atomic E-state index is 0.132. The van der Waals surface area contributed by atoms with E-state index in [2.05, 4.69) is 18.9 Å². The topological polar surface area (TPSA) is 47.7 Å². The van der Waals surface area contributed by atoms with Crippen molar-refractivity contribution >= 4 is 0 Å². The highest BCUT2D eigenvalue weighted by molar-refractivity contribution is 4.81. The summed E-state index contributed by atoms with van der Waals surface area (Å²) in [4.78, 5) is 2.29. The smallest absolute Gasteiger partial charge is 0.0820 e. The van der Waals surface area contributed by atoms with Gasteiger partial charge in [0.1, 0.15) is 0 Å². The fourth-order valence-electron chi connectivity index (χ4n) is 2.00. The molecule has 0 aromatic heterocycles. The number of hydrogen-bond donors (Lipinski definition) is 1. The Bertz CT molecular complexity index is 162. The zero-order valence-corrected chi connectivity index (χ0v) is 9.40. The van der Waals surface area contributed by atoms with Gasteiger partial charge in [-0.2, -0.15) is 0 Å². The minimum Gasteiger partial charge on any atom is -0.379 e. The molecule has 84 valence electrons. The maximum atomic E-state index is 5.58. The molecule has 0 aromatic carbocycles. The van der Waals surface area contributed by atoms with Crippen molar-refractivity contribution in [1.82, 2.24) is 4.90 Å². The number of nitrogens with zero attached hydrogens (tertiary/aromatic N) is 1. The lowest BCUT2D eigenvalue weighted by Crippen LogP contribution is -2.43. The van der Waals surface area contributed by atoms with Gasteiger partial charge in [0.25, 0.3) is 0 Å². The van der Waals surface area contributed by atoms with Gasteiger partial charge in [-0.05, 0) is 20.4 Å². The summed E-state index contributed by atoms with van der Waals surface area (Å²) in [6.07, 6.45) is 1.57. The Kier molecular flexibility index (Phi) is 4.81. The van der Waals surface area contributed by atoms with Crippen molar-refractivity contribution in [1.29, 1.82) is 0 Å². The number of rotatable bonds is 5. The Labute approximate surface area is 86.3 Å². The predicted octanol–water partition coefficient (Wildman–Crippen LogP) is 0.0693. The van der Waals surface area contributed by atoms with E-state index in [4.69, 9.17) is 15.2 Å². The van der Waals surface area contributed by atoms with Crippen molar-refractivity contribution in [3.8, 4) is 0 Å². The fourth-order valence-corrected chi connectivity index (χ4v) is 2.00. The monoisotopic (exact) mass is 202 g/mol. The van der Waals surface area contributed by atoms with Gasteiger partial charge >= 0.3 is 0 Å². The Hall–Kier alpha value is -0.160. The summed E-state index contributed by atoms with van der Waals surface area (Å²) < 4.78 is 10.8. The molecule has 0 aliphatic carbocycles. The molecular weight excluding hydrogens is 180 g/mol. The number of nitrogens with two attached hydrogens (primary N) is 1. The second kappa shape index (κ2) is 5.66. The number of ether oxygens (including phenoxy) is 2. The highest BCUT2D eigenvalue weighted by atomic mass is 16.5. The molecule has 3 unspecified atom stereocenters. The Morgan fingerprint density at radius 3 is 2.79 bits per heavy atom. The van der Waals surface area contributed by atoms with E-state index in [1.54, 1.807) is 7.11 Å². The van der Waals surface area contributed by atoms with Crippen LogP contribution >= 0.6 is 0 Å². The van der Waals surface area contributed by atoms with Crippen molar-refractivity contribution in [3.05, 3.63) is 0 Å². The normalized spacial score (nSPS) is 29.8. The van der Waals surface area contributed by atoms with Gasteiger partial charge in [0.05, 0.1) is 12.2 Å². The average molecular weight is 202 g/mol. The third-order valence-corrected chi connectivity index (χ3v) is 2.99. The average Bonchev–Trinajstić information content (AvgIpc) is 2.60. The van der Waals surface area contributed by atoms with Crippen LogP contribution in [0.15, 0.2) is 0 Å². The molecule has 1 saturated heterocycles. The van der Waals surface area contributed by atoms with Crippen LogP contribution in [0.2, 0.25) is 0 Å². The molecule has 1 aliphatic heterocycles. The highest BCUT2D eigenvalue weighted by Gasteiger charge is 2.28. The van der Waals surface area contributed by atoms with Crippen LogP contribution < -0.4 is 5.73 Å². The summed E-state index contributed by atoms with van der Waals surface area (Å²) in [7, 11) is 3.82. The van der Waals surface area contributed by atoms with Crippen LogP contribution in [-0.4, -0.2) is 57.0 Å². The highest BCUT2D eigenvalue weighted by Crippen LogP contribution is 2.18. The quantitative estimate of drug-likeness (QED) is 0.685. The summed E-state index contributed by atoms with van der Waals surface area (Å²) in [5.74, 6) is 0. The maximum Gasteiger partial charge on any atom is 0.0820 e. The standard InChI is InChI=1S/C10H22N2O2/c1-8-10(4-5-14-8)12(2)7-9(6-11)13-3/h8-10H,4-7,11H2,1-3H3. The molecule has 3 atom stereocenters. The first kappa shape index (κ1) is 11.9. The third kappa shape index (κ3) is 2.92. The van der Waals surface area contributed by atoms with Crippen LogP contribution in [0.25, 0.3) is 0 Å². The SMILES string of the molecule is COC(CN)CN(C)C1CCOC1C. The number of hydrogen-bond acceptors (Lipinski definition) is 4. The number of methoxy groups -OCH3 is 1. The van der Waals surface area contributed by atoms with Gasteiger partial charge in [-0.3, -0.25) is 4.90 Å². The lowest BCUT2D eigenvalue weighted by Gasteiger charge is -2.29. The molecule has 0 aromatic rings. The van der Waals surface area contributed by atoms with Crippen LogP contribution in [0.5, 0.6) is 0 Å². The molecule has 1 aliphatic rings. The molecule has 4 nitrogen and oxygen atoms in total. The molecule has 4 heteroatoms. The van der Waals surface area contributed by atoms with Gasteiger partial charge < -0.3 is 15.2 Å². The van der Waals surface area contributed by atoms with E-state index >= 15 is 0 Å². The molecule has 14 heavy (non-hydrogen) atoms. The Morgan fingerprint density at radius 2 is 2.36 bits per heavy atom. The summed E-state index contributed by atoms with van der Waals surface area (Å²) in [6.45, 7) is 4.45.